The summed E-state index contributed by atoms with van der Waals surface area (Å²) in [4.78, 5) is 0.188. The Bertz CT molecular complexity index is 528. The summed E-state index contributed by atoms with van der Waals surface area (Å²) in [5.74, 6) is 0.524. The Labute approximate surface area is 118 Å². The molecule has 0 amide bonds. The van der Waals surface area contributed by atoms with Gasteiger partial charge in [0, 0.05) is 6.61 Å². The molecule has 1 aliphatic rings. The van der Waals surface area contributed by atoms with Crippen LogP contribution in [0.1, 0.15) is 13.3 Å². The molecule has 1 aliphatic heterocycles. The molecular formula is C13H19NO5S. The molecule has 1 fully saturated rings. The lowest BCUT2D eigenvalue weighted by atomic mass is 10.2. The fourth-order valence-corrected chi connectivity index (χ4v) is 3.37. The molecule has 2 N–H and O–H groups in total. The zero-order valence-electron chi connectivity index (χ0n) is 11.3. The van der Waals surface area contributed by atoms with Crippen molar-refractivity contribution in [1.82, 2.24) is 4.72 Å². The predicted octanol–water partition coefficient (Wildman–Crippen LogP) is 0.513. The van der Waals surface area contributed by atoms with E-state index < -0.39 is 10.0 Å². The Kier molecular flexibility index (Phi) is 4.98. The second-order valence-electron chi connectivity index (χ2n) is 4.64. The monoisotopic (exact) mass is 301 g/mol. The number of sulfonamides is 1. The van der Waals surface area contributed by atoms with Crippen LogP contribution in [0.3, 0.4) is 0 Å². The SMILES string of the molecule is CC1OCCC1NS(=O)(=O)c1ccc(OCCO)cc1. The quantitative estimate of drug-likeness (QED) is 0.800. The van der Waals surface area contributed by atoms with Gasteiger partial charge >= 0.3 is 0 Å². The fourth-order valence-electron chi connectivity index (χ4n) is 2.03. The van der Waals surface area contributed by atoms with Crippen molar-refractivity contribution in [2.45, 2.75) is 30.4 Å². The maximum absolute atomic E-state index is 12.2. The number of benzene rings is 1. The number of aliphatic hydroxyl groups is 1. The Morgan fingerprint density at radius 2 is 2.10 bits per heavy atom. The summed E-state index contributed by atoms with van der Waals surface area (Å²) in [6.45, 7) is 2.52. The standard InChI is InChI=1S/C13H19NO5S/c1-10-13(6-8-18-10)14-20(16,17)12-4-2-11(3-5-12)19-9-7-15/h2-5,10,13-15H,6-9H2,1H3. The van der Waals surface area contributed by atoms with E-state index in [9.17, 15) is 8.42 Å². The van der Waals surface area contributed by atoms with Gasteiger partial charge in [-0.15, -0.1) is 0 Å². The van der Waals surface area contributed by atoms with Crippen molar-refractivity contribution < 1.29 is 23.0 Å². The summed E-state index contributed by atoms with van der Waals surface area (Å²) >= 11 is 0. The van der Waals surface area contributed by atoms with Gasteiger partial charge < -0.3 is 14.6 Å². The molecule has 0 aromatic heterocycles. The van der Waals surface area contributed by atoms with Crippen LogP contribution in [-0.2, 0) is 14.8 Å². The average Bonchev–Trinajstić information content (AvgIpc) is 2.82. The van der Waals surface area contributed by atoms with E-state index in [4.69, 9.17) is 14.6 Å². The van der Waals surface area contributed by atoms with E-state index in [1.54, 1.807) is 12.1 Å². The van der Waals surface area contributed by atoms with Crippen LogP contribution in [0.4, 0.5) is 0 Å². The van der Waals surface area contributed by atoms with Crippen molar-refractivity contribution in [3.05, 3.63) is 24.3 Å². The molecular weight excluding hydrogens is 282 g/mol. The maximum Gasteiger partial charge on any atom is 0.240 e. The first-order valence-electron chi connectivity index (χ1n) is 6.50. The minimum Gasteiger partial charge on any atom is -0.491 e. The number of hydrogen-bond acceptors (Lipinski definition) is 5. The van der Waals surface area contributed by atoms with Gasteiger partial charge in [-0.25, -0.2) is 13.1 Å². The van der Waals surface area contributed by atoms with E-state index in [1.807, 2.05) is 6.92 Å². The number of hydrogen-bond donors (Lipinski definition) is 2. The highest BCUT2D eigenvalue weighted by atomic mass is 32.2. The van der Waals surface area contributed by atoms with Crippen LogP contribution in [0.25, 0.3) is 0 Å². The second-order valence-corrected chi connectivity index (χ2v) is 6.35. The maximum atomic E-state index is 12.2. The van der Waals surface area contributed by atoms with Gasteiger partial charge in [-0.3, -0.25) is 0 Å². The molecule has 20 heavy (non-hydrogen) atoms. The van der Waals surface area contributed by atoms with Crippen LogP contribution < -0.4 is 9.46 Å². The van der Waals surface area contributed by atoms with Gasteiger partial charge in [0.2, 0.25) is 10.0 Å². The Morgan fingerprint density at radius 3 is 2.65 bits per heavy atom. The van der Waals surface area contributed by atoms with Crippen LogP contribution >= 0.6 is 0 Å². The third-order valence-electron chi connectivity index (χ3n) is 3.18. The molecule has 0 aliphatic carbocycles. The zero-order chi connectivity index (χ0) is 14.6. The second kappa shape index (κ2) is 6.53. The third-order valence-corrected chi connectivity index (χ3v) is 4.68. The van der Waals surface area contributed by atoms with Crippen molar-refractivity contribution in [2.24, 2.45) is 0 Å². The lowest BCUT2D eigenvalue weighted by Crippen LogP contribution is -2.39. The first-order chi connectivity index (χ1) is 9.53. The Balaban J connectivity index is 2.05. The summed E-state index contributed by atoms with van der Waals surface area (Å²) in [5, 5.41) is 8.65. The fraction of sp³-hybridized carbons (Fsp3) is 0.538. The Hall–Kier alpha value is -1.15. The molecule has 2 atom stereocenters. The molecule has 1 heterocycles. The molecule has 112 valence electrons. The number of ether oxygens (including phenoxy) is 2. The van der Waals surface area contributed by atoms with E-state index in [1.165, 1.54) is 12.1 Å². The lowest BCUT2D eigenvalue weighted by Gasteiger charge is -2.16. The predicted molar refractivity (Wildman–Crippen MR) is 73.2 cm³/mol. The number of aliphatic hydroxyl groups excluding tert-OH is 1. The molecule has 0 saturated carbocycles. The van der Waals surface area contributed by atoms with Crippen molar-refractivity contribution in [1.29, 1.82) is 0 Å². The van der Waals surface area contributed by atoms with Gasteiger partial charge in [0.1, 0.15) is 12.4 Å². The molecule has 6 nitrogen and oxygen atoms in total. The summed E-state index contributed by atoms with van der Waals surface area (Å²) in [7, 11) is -3.55. The van der Waals surface area contributed by atoms with E-state index in [0.717, 1.165) is 0 Å². The van der Waals surface area contributed by atoms with Crippen molar-refractivity contribution >= 4 is 10.0 Å². The van der Waals surface area contributed by atoms with Gasteiger partial charge in [0.25, 0.3) is 0 Å². The van der Waals surface area contributed by atoms with Crippen LogP contribution in [0, 0.1) is 0 Å². The summed E-state index contributed by atoms with van der Waals surface area (Å²) in [5.41, 5.74) is 0. The molecule has 0 bridgehead atoms. The van der Waals surface area contributed by atoms with Crippen LogP contribution in [0.2, 0.25) is 0 Å². The van der Waals surface area contributed by atoms with E-state index in [0.29, 0.717) is 18.8 Å². The van der Waals surface area contributed by atoms with E-state index >= 15 is 0 Å². The van der Waals surface area contributed by atoms with Gasteiger partial charge in [-0.05, 0) is 37.6 Å². The van der Waals surface area contributed by atoms with Crippen molar-refractivity contribution in [3.8, 4) is 5.75 Å². The average molecular weight is 301 g/mol. The first kappa shape index (κ1) is 15.2. The normalized spacial score (nSPS) is 22.9. The largest absolute Gasteiger partial charge is 0.491 e. The van der Waals surface area contributed by atoms with Gasteiger partial charge in [-0.1, -0.05) is 0 Å². The van der Waals surface area contributed by atoms with Crippen LogP contribution in [0.15, 0.2) is 29.2 Å². The lowest BCUT2D eigenvalue weighted by molar-refractivity contribution is 0.117. The number of nitrogens with one attached hydrogen (secondary N) is 1. The molecule has 2 rings (SSSR count). The van der Waals surface area contributed by atoms with Gasteiger partial charge in [0.05, 0.1) is 23.6 Å². The zero-order valence-corrected chi connectivity index (χ0v) is 12.1. The highest BCUT2D eigenvalue weighted by molar-refractivity contribution is 7.89. The number of rotatable bonds is 6. The van der Waals surface area contributed by atoms with E-state index in [2.05, 4.69) is 4.72 Å². The summed E-state index contributed by atoms with van der Waals surface area (Å²) in [6, 6.07) is 5.91. The third kappa shape index (κ3) is 3.69. The molecule has 0 spiro atoms. The highest BCUT2D eigenvalue weighted by Gasteiger charge is 2.29. The highest BCUT2D eigenvalue weighted by Crippen LogP contribution is 2.19. The minimum atomic E-state index is -3.55. The van der Waals surface area contributed by atoms with Gasteiger partial charge in [-0.2, -0.15) is 0 Å². The van der Waals surface area contributed by atoms with Crippen LogP contribution in [-0.4, -0.2) is 45.5 Å². The molecule has 1 aromatic rings. The molecule has 0 radical (unpaired) electrons. The summed E-state index contributed by atoms with van der Waals surface area (Å²) in [6.07, 6.45) is 0.565. The first-order valence-corrected chi connectivity index (χ1v) is 7.99. The van der Waals surface area contributed by atoms with Gasteiger partial charge in [0.15, 0.2) is 0 Å². The Morgan fingerprint density at radius 1 is 1.40 bits per heavy atom. The smallest absolute Gasteiger partial charge is 0.240 e. The molecule has 2 unspecified atom stereocenters. The van der Waals surface area contributed by atoms with E-state index in [-0.39, 0.29) is 30.3 Å². The molecule has 1 saturated heterocycles. The van der Waals surface area contributed by atoms with Crippen LogP contribution in [0.5, 0.6) is 5.75 Å². The minimum absolute atomic E-state index is 0.0822. The molecule has 1 aromatic carbocycles. The van der Waals surface area contributed by atoms with Crippen molar-refractivity contribution in [2.75, 3.05) is 19.8 Å². The molecule has 7 heteroatoms. The summed E-state index contributed by atoms with van der Waals surface area (Å²) < 4.78 is 37.6. The van der Waals surface area contributed by atoms with Crippen molar-refractivity contribution in [3.63, 3.8) is 0 Å². The topological polar surface area (TPSA) is 84.9 Å².